The highest BCUT2D eigenvalue weighted by atomic mass is 32.1. The number of hydrogen-bond acceptors (Lipinski definition) is 5. The Kier molecular flexibility index (Phi) is 7.80. The van der Waals surface area contributed by atoms with Crippen molar-refractivity contribution in [3.8, 4) is 10.4 Å². The summed E-state index contributed by atoms with van der Waals surface area (Å²) in [5.41, 5.74) is -4.21. The number of rotatable bonds is 4. The molecule has 0 radical (unpaired) electrons. The van der Waals surface area contributed by atoms with Crippen molar-refractivity contribution >= 4 is 17.3 Å². The Hall–Kier alpha value is -2.18. The first-order valence-corrected chi connectivity index (χ1v) is 8.80. The van der Waals surface area contributed by atoms with Gasteiger partial charge in [-0.05, 0) is 18.1 Å². The van der Waals surface area contributed by atoms with Crippen LogP contribution in [0.15, 0.2) is 23.7 Å². The maximum Gasteiger partial charge on any atom is 0.430 e. The van der Waals surface area contributed by atoms with E-state index in [0.29, 0.717) is 22.6 Å². The third-order valence-electron chi connectivity index (χ3n) is 3.80. The van der Waals surface area contributed by atoms with Crippen LogP contribution in [-0.2, 0) is 17.0 Å². The number of aliphatic hydroxyl groups excluding tert-OH is 1. The minimum absolute atomic E-state index is 0.0818. The van der Waals surface area contributed by atoms with Gasteiger partial charge in [-0.15, -0.1) is 11.3 Å². The van der Waals surface area contributed by atoms with Crippen molar-refractivity contribution < 1.29 is 46.5 Å². The van der Waals surface area contributed by atoms with Gasteiger partial charge in [0.25, 0.3) is 5.60 Å². The molecule has 0 atom stereocenters. The number of alkyl halides is 6. The van der Waals surface area contributed by atoms with Crippen LogP contribution in [0, 0.1) is 6.92 Å². The highest BCUT2D eigenvalue weighted by molar-refractivity contribution is 7.13. The Bertz CT molecular complexity index is 833. The zero-order chi connectivity index (χ0) is 22.6. The number of aryl methyl sites for hydroxylation is 1. The molecule has 29 heavy (non-hydrogen) atoms. The first kappa shape index (κ1) is 24.9. The van der Waals surface area contributed by atoms with E-state index in [4.69, 9.17) is 10.2 Å². The lowest BCUT2D eigenvalue weighted by molar-refractivity contribution is -0.376. The standard InChI is InChI=1S/C14H11F6NO2S.C3H6O2/c1-7-4-8(12(23,13(15,16)17)14(18,19)20)2-3-9(7)11-10(5-22)21-6-24-11;1-2-3(4)5/h2-4,6,22-23H,5H2,1H3;2H2,1H3,(H,4,5). The fourth-order valence-electron chi connectivity index (χ4n) is 2.23. The van der Waals surface area contributed by atoms with Crippen molar-refractivity contribution in [2.75, 3.05) is 0 Å². The second-order valence-corrected chi connectivity index (χ2v) is 6.62. The predicted octanol–water partition coefficient (Wildman–Crippen LogP) is 4.40. The van der Waals surface area contributed by atoms with Gasteiger partial charge in [0.05, 0.1) is 22.7 Å². The van der Waals surface area contributed by atoms with E-state index in [1.165, 1.54) is 12.4 Å². The number of halogens is 6. The van der Waals surface area contributed by atoms with E-state index in [2.05, 4.69) is 4.98 Å². The maximum absolute atomic E-state index is 12.9. The summed E-state index contributed by atoms with van der Waals surface area (Å²) >= 11 is 1.09. The molecule has 12 heteroatoms. The molecule has 0 aliphatic rings. The first-order valence-electron chi connectivity index (χ1n) is 7.93. The zero-order valence-corrected chi connectivity index (χ0v) is 15.9. The van der Waals surface area contributed by atoms with E-state index in [-0.39, 0.29) is 17.7 Å². The zero-order valence-electron chi connectivity index (χ0n) is 15.1. The largest absolute Gasteiger partial charge is 0.481 e. The average Bonchev–Trinajstić information content (AvgIpc) is 3.07. The lowest BCUT2D eigenvalue weighted by atomic mass is 9.89. The van der Waals surface area contributed by atoms with Crippen LogP contribution >= 0.6 is 11.3 Å². The number of carboxylic acid groups (broad SMARTS) is 1. The van der Waals surface area contributed by atoms with E-state index in [9.17, 15) is 36.2 Å². The Morgan fingerprint density at radius 2 is 1.66 bits per heavy atom. The minimum atomic E-state index is -5.93. The summed E-state index contributed by atoms with van der Waals surface area (Å²) in [5.74, 6) is -0.745. The van der Waals surface area contributed by atoms with Crippen molar-refractivity contribution in [2.45, 2.75) is 44.8 Å². The number of carboxylic acids is 1. The Labute approximate surface area is 165 Å². The number of thiazole rings is 1. The summed E-state index contributed by atoms with van der Waals surface area (Å²) in [4.78, 5) is 13.7. The molecule has 0 unspecified atom stereocenters. The molecule has 0 aliphatic heterocycles. The van der Waals surface area contributed by atoms with Crippen LogP contribution < -0.4 is 0 Å². The molecule has 3 N–H and O–H groups in total. The molecule has 0 spiro atoms. The summed E-state index contributed by atoms with van der Waals surface area (Å²) < 4.78 is 77.4. The van der Waals surface area contributed by atoms with Crippen molar-refractivity contribution in [2.24, 2.45) is 0 Å². The number of nitrogens with zero attached hydrogens (tertiary/aromatic N) is 1. The fraction of sp³-hybridized carbons (Fsp3) is 0.412. The summed E-state index contributed by atoms with van der Waals surface area (Å²) in [5, 5.41) is 26.3. The third-order valence-corrected chi connectivity index (χ3v) is 4.70. The van der Waals surface area contributed by atoms with Gasteiger partial charge in [-0.2, -0.15) is 26.3 Å². The van der Waals surface area contributed by atoms with Gasteiger partial charge in [-0.1, -0.05) is 25.1 Å². The van der Waals surface area contributed by atoms with Gasteiger partial charge in [0.15, 0.2) is 0 Å². The number of hydrogen-bond donors (Lipinski definition) is 3. The number of aliphatic carboxylic acids is 1. The van der Waals surface area contributed by atoms with Crippen LogP contribution in [0.5, 0.6) is 0 Å². The highest BCUT2D eigenvalue weighted by Crippen LogP contribution is 2.50. The Balaban J connectivity index is 0.000000749. The van der Waals surface area contributed by atoms with Crippen LogP contribution in [-0.4, -0.2) is 38.6 Å². The van der Waals surface area contributed by atoms with Gasteiger partial charge in [0.2, 0.25) is 0 Å². The number of carbonyl (C=O) groups is 1. The molecule has 0 aliphatic carbocycles. The molecule has 0 saturated carbocycles. The first-order chi connectivity index (χ1) is 13.2. The molecule has 2 rings (SSSR count). The SMILES string of the molecule is CCC(=O)O.Cc1cc(C(O)(C(F)(F)F)C(F)(F)F)ccc1-c1scnc1CO. The van der Waals surface area contributed by atoms with E-state index >= 15 is 0 Å². The van der Waals surface area contributed by atoms with Gasteiger partial charge >= 0.3 is 18.3 Å². The van der Waals surface area contributed by atoms with E-state index in [1.54, 1.807) is 6.92 Å². The van der Waals surface area contributed by atoms with Crippen molar-refractivity contribution in [1.29, 1.82) is 0 Å². The number of benzene rings is 1. The lowest BCUT2D eigenvalue weighted by Crippen LogP contribution is -2.53. The van der Waals surface area contributed by atoms with Crippen LogP contribution in [0.4, 0.5) is 26.3 Å². The van der Waals surface area contributed by atoms with Crippen molar-refractivity contribution in [1.82, 2.24) is 4.98 Å². The fourth-order valence-corrected chi connectivity index (χ4v) is 3.13. The third kappa shape index (κ3) is 5.25. The average molecular weight is 445 g/mol. The van der Waals surface area contributed by atoms with Gasteiger partial charge in [-0.3, -0.25) is 4.79 Å². The second-order valence-electron chi connectivity index (χ2n) is 5.77. The topological polar surface area (TPSA) is 90.7 Å². The van der Waals surface area contributed by atoms with Gasteiger partial charge < -0.3 is 15.3 Å². The van der Waals surface area contributed by atoms with Gasteiger partial charge in [0, 0.05) is 12.0 Å². The summed E-state index contributed by atoms with van der Waals surface area (Å²) in [6.45, 7) is 2.49. The van der Waals surface area contributed by atoms with Crippen molar-refractivity contribution in [3.63, 3.8) is 0 Å². The molecule has 162 valence electrons. The number of aliphatic hydroxyl groups is 2. The maximum atomic E-state index is 12.9. The lowest BCUT2D eigenvalue weighted by Gasteiger charge is -2.33. The predicted molar refractivity (Wildman–Crippen MR) is 92.1 cm³/mol. The minimum Gasteiger partial charge on any atom is -0.481 e. The summed E-state index contributed by atoms with van der Waals surface area (Å²) in [6.07, 6.45) is -11.6. The smallest absolute Gasteiger partial charge is 0.430 e. The van der Waals surface area contributed by atoms with Crippen LogP contribution in [0.3, 0.4) is 0 Å². The van der Waals surface area contributed by atoms with Crippen molar-refractivity contribution in [3.05, 3.63) is 40.5 Å². The molecule has 0 saturated heterocycles. The summed E-state index contributed by atoms with van der Waals surface area (Å²) in [6, 6.07) is 2.25. The monoisotopic (exact) mass is 445 g/mol. The second kappa shape index (κ2) is 9.09. The van der Waals surface area contributed by atoms with E-state index < -0.39 is 36.1 Å². The highest BCUT2D eigenvalue weighted by Gasteiger charge is 2.71. The molecular formula is C17H17F6NO4S. The van der Waals surface area contributed by atoms with E-state index in [0.717, 1.165) is 17.4 Å². The van der Waals surface area contributed by atoms with Crippen LogP contribution in [0.2, 0.25) is 0 Å². The summed E-state index contributed by atoms with van der Waals surface area (Å²) in [7, 11) is 0. The number of aromatic nitrogens is 1. The van der Waals surface area contributed by atoms with Gasteiger partial charge in [-0.25, -0.2) is 4.98 Å². The quantitative estimate of drug-likeness (QED) is 0.607. The molecule has 5 nitrogen and oxygen atoms in total. The van der Waals surface area contributed by atoms with Crippen LogP contribution in [0.1, 0.15) is 30.2 Å². The molecule has 0 amide bonds. The Morgan fingerprint density at radius 3 is 2.03 bits per heavy atom. The molecule has 0 bridgehead atoms. The van der Waals surface area contributed by atoms with E-state index in [1.807, 2.05) is 0 Å². The molecule has 2 aromatic rings. The normalized spacial score (nSPS) is 12.3. The Morgan fingerprint density at radius 1 is 1.14 bits per heavy atom. The molecule has 1 heterocycles. The molecular weight excluding hydrogens is 428 g/mol. The molecule has 0 fully saturated rings. The van der Waals surface area contributed by atoms with Crippen LogP contribution in [0.25, 0.3) is 10.4 Å². The van der Waals surface area contributed by atoms with Gasteiger partial charge in [0.1, 0.15) is 0 Å². The molecule has 1 aromatic heterocycles. The molecule has 1 aromatic carbocycles.